The standard InChI is InChI=1S/C20H21N3O3S/c1-3-25-18-11-7-5-9-15(18)22-19(24)13(2)26-17-10-6-4-8-14(17)16-12-27-20(21)23-16/h4-13H,3H2,1-2H3,(H2,21,23)(H,22,24). The monoisotopic (exact) mass is 383 g/mol. The third-order valence-corrected chi connectivity index (χ3v) is 4.48. The number of ether oxygens (including phenoxy) is 2. The highest BCUT2D eigenvalue weighted by Gasteiger charge is 2.19. The molecule has 0 spiro atoms. The number of nitrogens with zero attached hydrogens (tertiary/aromatic N) is 1. The number of hydrogen-bond acceptors (Lipinski definition) is 6. The molecule has 0 saturated carbocycles. The fourth-order valence-electron chi connectivity index (χ4n) is 2.52. The van der Waals surface area contributed by atoms with Crippen molar-refractivity contribution in [3.8, 4) is 22.8 Å². The maximum Gasteiger partial charge on any atom is 0.265 e. The summed E-state index contributed by atoms with van der Waals surface area (Å²) < 4.78 is 11.5. The Morgan fingerprint density at radius 1 is 1.19 bits per heavy atom. The maximum atomic E-state index is 12.6. The van der Waals surface area contributed by atoms with Crippen LogP contribution in [0.3, 0.4) is 0 Å². The molecule has 1 amide bonds. The lowest BCUT2D eigenvalue weighted by molar-refractivity contribution is -0.122. The second-order valence-corrected chi connectivity index (χ2v) is 6.64. The molecule has 0 aliphatic carbocycles. The summed E-state index contributed by atoms with van der Waals surface area (Å²) in [5.41, 5.74) is 7.86. The van der Waals surface area contributed by atoms with Gasteiger partial charge in [0.1, 0.15) is 11.5 Å². The third kappa shape index (κ3) is 4.57. The van der Waals surface area contributed by atoms with Crippen LogP contribution in [0.25, 0.3) is 11.3 Å². The molecule has 1 atom stereocenters. The number of hydrogen-bond donors (Lipinski definition) is 2. The van der Waals surface area contributed by atoms with Gasteiger partial charge in [0.05, 0.1) is 18.0 Å². The number of rotatable bonds is 7. The second kappa shape index (κ2) is 8.55. The Morgan fingerprint density at radius 3 is 2.59 bits per heavy atom. The van der Waals surface area contributed by atoms with E-state index in [1.165, 1.54) is 11.3 Å². The molecule has 0 bridgehead atoms. The molecule has 2 aromatic carbocycles. The van der Waals surface area contributed by atoms with Crippen LogP contribution < -0.4 is 20.5 Å². The number of nitrogens with one attached hydrogen (secondary N) is 1. The fraction of sp³-hybridized carbons (Fsp3) is 0.200. The average molecular weight is 383 g/mol. The first-order chi connectivity index (χ1) is 13.1. The van der Waals surface area contributed by atoms with Crippen molar-refractivity contribution < 1.29 is 14.3 Å². The highest BCUT2D eigenvalue weighted by molar-refractivity contribution is 7.13. The Hall–Kier alpha value is -3.06. The first-order valence-corrected chi connectivity index (χ1v) is 9.46. The summed E-state index contributed by atoms with van der Waals surface area (Å²) in [5.74, 6) is 0.928. The Morgan fingerprint density at radius 2 is 1.89 bits per heavy atom. The lowest BCUT2D eigenvalue weighted by Gasteiger charge is -2.18. The van der Waals surface area contributed by atoms with Gasteiger partial charge in [0.15, 0.2) is 11.2 Å². The third-order valence-electron chi connectivity index (χ3n) is 3.80. The number of amides is 1. The van der Waals surface area contributed by atoms with Gasteiger partial charge in [-0.05, 0) is 38.1 Å². The summed E-state index contributed by atoms with van der Waals surface area (Å²) in [6, 6.07) is 14.7. The van der Waals surface area contributed by atoms with Crippen LogP contribution in [0.2, 0.25) is 0 Å². The average Bonchev–Trinajstić information content (AvgIpc) is 3.10. The van der Waals surface area contributed by atoms with Crippen LogP contribution in [-0.2, 0) is 4.79 Å². The van der Waals surface area contributed by atoms with Crippen LogP contribution in [0.15, 0.2) is 53.9 Å². The van der Waals surface area contributed by atoms with Gasteiger partial charge in [0, 0.05) is 10.9 Å². The molecule has 27 heavy (non-hydrogen) atoms. The van der Waals surface area contributed by atoms with Gasteiger partial charge in [-0.1, -0.05) is 24.3 Å². The van der Waals surface area contributed by atoms with Crippen molar-refractivity contribution in [1.29, 1.82) is 0 Å². The molecule has 3 N–H and O–H groups in total. The van der Waals surface area contributed by atoms with E-state index in [0.717, 1.165) is 11.3 Å². The van der Waals surface area contributed by atoms with Crippen LogP contribution in [0.4, 0.5) is 10.8 Å². The molecule has 1 heterocycles. The topological polar surface area (TPSA) is 86.5 Å². The number of benzene rings is 2. The lowest BCUT2D eigenvalue weighted by Crippen LogP contribution is -2.30. The Labute approximate surface area is 162 Å². The minimum absolute atomic E-state index is 0.269. The number of nitrogens with two attached hydrogens (primary N) is 1. The zero-order valence-electron chi connectivity index (χ0n) is 15.1. The smallest absolute Gasteiger partial charge is 0.265 e. The van der Waals surface area contributed by atoms with Crippen LogP contribution in [0.1, 0.15) is 13.8 Å². The van der Waals surface area contributed by atoms with E-state index in [2.05, 4.69) is 10.3 Å². The van der Waals surface area contributed by atoms with Gasteiger partial charge in [-0.15, -0.1) is 11.3 Å². The Bertz CT molecular complexity index is 926. The molecule has 1 aromatic heterocycles. The predicted molar refractivity (Wildman–Crippen MR) is 108 cm³/mol. The molecule has 0 saturated heterocycles. The van der Waals surface area contributed by atoms with Crippen LogP contribution in [-0.4, -0.2) is 23.6 Å². The van der Waals surface area contributed by atoms with Crippen LogP contribution in [0.5, 0.6) is 11.5 Å². The first kappa shape index (κ1) is 18.7. The molecule has 140 valence electrons. The molecule has 3 rings (SSSR count). The molecular weight excluding hydrogens is 362 g/mol. The van der Waals surface area contributed by atoms with Crippen molar-refractivity contribution in [3.05, 3.63) is 53.9 Å². The molecule has 7 heteroatoms. The van der Waals surface area contributed by atoms with E-state index in [-0.39, 0.29) is 5.91 Å². The van der Waals surface area contributed by atoms with E-state index in [1.54, 1.807) is 13.0 Å². The van der Waals surface area contributed by atoms with E-state index in [9.17, 15) is 4.79 Å². The fourth-order valence-corrected chi connectivity index (χ4v) is 3.09. The van der Waals surface area contributed by atoms with Crippen molar-refractivity contribution in [2.45, 2.75) is 20.0 Å². The van der Waals surface area contributed by atoms with Crippen molar-refractivity contribution in [3.63, 3.8) is 0 Å². The SMILES string of the molecule is CCOc1ccccc1NC(=O)C(C)Oc1ccccc1-c1csc(N)n1. The van der Waals surface area contributed by atoms with Gasteiger partial charge >= 0.3 is 0 Å². The first-order valence-electron chi connectivity index (χ1n) is 8.58. The van der Waals surface area contributed by atoms with Crippen molar-refractivity contribution in [2.24, 2.45) is 0 Å². The molecule has 1 unspecified atom stereocenters. The van der Waals surface area contributed by atoms with Crippen molar-refractivity contribution in [1.82, 2.24) is 4.98 Å². The number of thiazole rings is 1. The summed E-state index contributed by atoms with van der Waals surface area (Å²) in [6.07, 6.45) is -0.711. The number of aromatic nitrogens is 1. The number of carbonyl (C=O) groups is 1. The van der Waals surface area contributed by atoms with Gasteiger partial charge in [0.25, 0.3) is 5.91 Å². The molecule has 0 fully saturated rings. The number of carbonyl (C=O) groups excluding carboxylic acids is 1. The van der Waals surface area contributed by atoms with Gasteiger partial charge in [-0.25, -0.2) is 4.98 Å². The number of anilines is 2. The van der Waals surface area contributed by atoms with Gasteiger partial charge in [-0.3, -0.25) is 4.79 Å². The number of nitrogen functional groups attached to an aromatic ring is 1. The molecule has 3 aromatic rings. The zero-order chi connectivity index (χ0) is 19.2. The molecular formula is C20H21N3O3S. The minimum Gasteiger partial charge on any atom is -0.492 e. The summed E-state index contributed by atoms with van der Waals surface area (Å²) in [4.78, 5) is 16.9. The second-order valence-electron chi connectivity index (χ2n) is 5.75. The molecule has 0 aliphatic heterocycles. The summed E-state index contributed by atoms with van der Waals surface area (Å²) in [6.45, 7) is 4.11. The highest BCUT2D eigenvalue weighted by atomic mass is 32.1. The van der Waals surface area contributed by atoms with E-state index in [4.69, 9.17) is 15.2 Å². The predicted octanol–water partition coefficient (Wildman–Crippen LogP) is 4.20. The van der Waals surface area contributed by atoms with Gasteiger partial charge in [-0.2, -0.15) is 0 Å². The van der Waals surface area contributed by atoms with E-state index in [1.807, 2.05) is 54.8 Å². The Kier molecular flexibility index (Phi) is 5.93. The largest absolute Gasteiger partial charge is 0.492 e. The minimum atomic E-state index is -0.711. The van der Waals surface area contributed by atoms with Gasteiger partial charge < -0.3 is 20.5 Å². The summed E-state index contributed by atoms with van der Waals surface area (Å²) >= 11 is 1.36. The zero-order valence-corrected chi connectivity index (χ0v) is 16.0. The molecule has 6 nitrogen and oxygen atoms in total. The number of para-hydroxylation sites is 3. The normalized spacial score (nSPS) is 11.6. The van der Waals surface area contributed by atoms with E-state index >= 15 is 0 Å². The van der Waals surface area contributed by atoms with E-state index < -0.39 is 6.10 Å². The Balaban J connectivity index is 1.74. The van der Waals surface area contributed by atoms with Crippen LogP contribution >= 0.6 is 11.3 Å². The summed E-state index contributed by atoms with van der Waals surface area (Å²) in [5, 5.41) is 5.20. The van der Waals surface area contributed by atoms with Crippen molar-refractivity contribution >= 4 is 28.1 Å². The summed E-state index contributed by atoms with van der Waals surface area (Å²) in [7, 11) is 0. The van der Waals surface area contributed by atoms with Gasteiger partial charge in [0.2, 0.25) is 0 Å². The van der Waals surface area contributed by atoms with Crippen LogP contribution in [0, 0.1) is 0 Å². The maximum absolute atomic E-state index is 12.6. The molecule has 0 radical (unpaired) electrons. The lowest BCUT2D eigenvalue weighted by atomic mass is 10.1. The molecule has 0 aliphatic rings. The van der Waals surface area contributed by atoms with E-state index in [0.29, 0.717) is 28.9 Å². The highest BCUT2D eigenvalue weighted by Crippen LogP contribution is 2.32. The quantitative estimate of drug-likeness (QED) is 0.639. The van der Waals surface area contributed by atoms with Crippen molar-refractivity contribution in [2.75, 3.05) is 17.7 Å².